The molecular formula is C16H16N4O2S2. The minimum absolute atomic E-state index is 0.163. The van der Waals surface area contributed by atoms with Crippen LogP contribution in [0.1, 0.15) is 24.3 Å². The van der Waals surface area contributed by atoms with Crippen molar-refractivity contribution < 1.29 is 9.59 Å². The van der Waals surface area contributed by atoms with E-state index in [9.17, 15) is 9.59 Å². The number of carbonyl (C=O) groups is 2. The van der Waals surface area contributed by atoms with Gasteiger partial charge in [0.25, 0.3) is 0 Å². The Morgan fingerprint density at radius 3 is 2.83 bits per heavy atom. The summed E-state index contributed by atoms with van der Waals surface area (Å²) < 4.78 is 0. The van der Waals surface area contributed by atoms with Crippen LogP contribution in [0.3, 0.4) is 0 Å². The first-order chi connectivity index (χ1) is 11.6. The molecule has 0 radical (unpaired) electrons. The average molecular weight is 360 g/mol. The zero-order valence-electron chi connectivity index (χ0n) is 12.9. The highest BCUT2D eigenvalue weighted by Crippen LogP contribution is 2.25. The van der Waals surface area contributed by atoms with Crippen LogP contribution < -0.4 is 10.6 Å². The molecule has 0 aliphatic carbocycles. The maximum atomic E-state index is 12.3. The van der Waals surface area contributed by atoms with E-state index < -0.39 is 0 Å². The van der Waals surface area contributed by atoms with Crippen LogP contribution in [0.25, 0.3) is 11.4 Å². The molecule has 0 aliphatic rings. The van der Waals surface area contributed by atoms with Crippen LogP contribution in [-0.2, 0) is 9.59 Å². The number of thiazole rings is 1. The number of anilines is 1. The molecule has 0 bridgehead atoms. The smallest absolute Gasteiger partial charge is 0.228 e. The highest BCUT2D eigenvalue weighted by molar-refractivity contribution is 7.14. The standard InChI is InChI=1S/C16H16N4O2S2/c1-10(21)18-12(14-5-3-7-23-14)8-15(22)20-16-19-13(9-24-16)11-4-2-6-17-11/h2-7,9,12,17H,8H2,1H3,(H,18,21)(H,19,20,22). The number of carbonyl (C=O) groups excluding carboxylic acids is 2. The number of aromatic amines is 1. The van der Waals surface area contributed by atoms with E-state index in [1.54, 1.807) is 0 Å². The van der Waals surface area contributed by atoms with Crippen LogP contribution in [0.5, 0.6) is 0 Å². The third-order valence-electron chi connectivity index (χ3n) is 3.28. The Balaban J connectivity index is 1.64. The number of amides is 2. The van der Waals surface area contributed by atoms with Crippen molar-refractivity contribution in [3.63, 3.8) is 0 Å². The Morgan fingerprint density at radius 1 is 1.29 bits per heavy atom. The maximum absolute atomic E-state index is 12.3. The van der Waals surface area contributed by atoms with E-state index in [0.29, 0.717) is 5.13 Å². The minimum Gasteiger partial charge on any atom is -0.360 e. The molecule has 0 aliphatic heterocycles. The van der Waals surface area contributed by atoms with Crippen LogP contribution in [-0.4, -0.2) is 21.8 Å². The maximum Gasteiger partial charge on any atom is 0.228 e. The summed E-state index contributed by atoms with van der Waals surface area (Å²) >= 11 is 2.88. The van der Waals surface area contributed by atoms with Gasteiger partial charge in [0.15, 0.2) is 5.13 Å². The average Bonchev–Trinajstić information content (AvgIpc) is 3.28. The van der Waals surface area contributed by atoms with Crippen LogP contribution in [0.4, 0.5) is 5.13 Å². The van der Waals surface area contributed by atoms with Crippen molar-refractivity contribution in [2.24, 2.45) is 0 Å². The van der Waals surface area contributed by atoms with Crippen molar-refractivity contribution in [2.45, 2.75) is 19.4 Å². The van der Waals surface area contributed by atoms with Crippen molar-refractivity contribution in [1.82, 2.24) is 15.3 Å². The van der Waals surface area contributed by atoms with Gasteiger partial charge in [-0.25, -0.2) is 4.98 Å². The van der Waals surface area contributed by atoms with Gasteiger partial charge >= 0.3 is 0 Å². The van der Waals surface area contributed by atoms with Gasteiger partial charge < -0.3 is 15.6 Å². The molecule has 8 heteroatoms. The molecule has 3 N–H and O–H groups in total. The summed E-state index contributed by atoms with van der Waals surface area (Å²) in [6, 6.07) is 7.29. The number of aromatic nitrogens is 2. The molecule has 3 heterocycles. The predicted octanol–water partition coefficient (Wildman–Crippen LogP) is 3.41. The van der Waals surface area contributed by atoms with Gasteiger partial charge in [0, 0.05) is 23.4 Å². The van der Waals surface area contributed by atoms with E-state index in [0.717, 1.165) is 16.3 Å². The Morgan fingerprint density at radius 2 is 2.17 bits per heavy atom. The quantitative estimate of drug-likeness (QED) is 0.629. The van der Waals surface area contributed by atoms with Crippen molar-refractivity contribution in [2.75, 3.05) is 5.32 Å². The number of thiophene rings is 1. The fourth-order valence-corrected chi connectivity index (χ4v) is 3.76. The van der Waals surface area contributed by atoms with Crippen molar-refractivity contribution >= 4 is 39.6 Å². The molecule has 0 spiro atoms. The molecule has 0 saturated carbocycles. The summed E-state index contributed by atoms with van der Waals surface area (Å²) in [4.78, 5) is 32.1. The number of H-pyrrole nitrogens is 1. The summed E-state index contributed by atoms with van der Waals surface area (Å²) in [5.74, 6) is -0.348. The lowest BCUT2D eigenvalue weighted by molar-refractivity contribution is -0.120. The number of rotatable bonds is 6. The topological polar surface area (TPSA) is 86.9 Å². The van der Waals surface area contributed by atoms with E-state index in [1.807, 2.05) is 41.2 Å². The summed E-state index contributed by atoms with van der Waals surface area (Å²) in [5, 5.41) is 9.96. The van der Waals surface area contributed by atoms with E-state index >= 15 is 0 Å². The van der Waals surface area contributed by atoms with Crippen molar-refractivity contribution in [3.05, 3.63) is 46.1 Å². The normalized spacial score (nSPS) is 11.9. The minimum atomic E-state index is -0.328. The van der Waals surface area contributed by atoms with Crippen LogP contribution in [0, 0.1) is 0 Å². The van der Waals surface area contributed by atoms with E-state index in [2.05, 4.69) is 20.6 Å². The van der Waals surface area contributed by atoms with Gasteiger partial charge in [0.2, 0.25) is 11.8 Å². The van der Waals surface area contributed by atoms with Gasteiger partial charge in [-0.15, -0.1) is 22.7 Å². The molecule has 3 rings (SSSR count). The number of hydrogen-bond acceptors (Lipinski definition) is 5. The number of nitrogens with zero attached hydrogens (tertiary/aromatic N) is 1. The molecule has 0 aromatic carbocycles. The second-order valence-electron chi connectivity index (χ2n) is 5.14. The first kappa shape index (κ1) is 16.4. The Hall–Kier alpha value is -2.45. The molecule has 124 valence electrons. The Bertz CT molecular complexity index is 809. The zero-order valence-corrected chi connectivity index (χ0v) is 14.5. The van der Waals surface area contributed by atoms with E-state index in [1.165, 1.54) is 29.6 Å². The van der Waals surface area contributed by atoms with Crippen LogP contribution in [0.15, 0.2) is 41.2 Å². The molecule has 3 aromatic heterocycles. The van der Waals surface area contributed by atoms with Gasteiger partial charge in [-0.3, -0.25) is 9.59 Å². The number of hydrogen-bond donors (Lipinski definition) is 3. The Labute approximate surface area is 147 Å². The molecule has 3 aromatic rings. The van der Waals surface area contributed by atoms with Crippen LogP contribution >= 0.6 is 22.7 Å². The first-order valence-corrected chi connectivity index (χ1v) is 9.07. The summed E-state index contributed by atoms with van der Waals surface area (Å²) in [5.41, 5.74) is 1.69. The van der Waals surface area contributed by atoms with Gasteiger partial charge in [-0.05, 0) is 23.6 Å². The summed E-state index contributed by atoms with van der Waals surface area (Å²) in [7, 11) is 0. The fourth-order valence-electron chi connectivity index (χ4n) is 2.26. The second-order valence-corrected chi connectivity index (χ2v) is 6.98. The SMILES string of the molecule is CC(=O)NC(CC(=O)Nc1nc(-c2ccc[nH]2)cs1)c1cccs1. The predicted molar refractivity (Wildman–Crippen MR) is 96.0 cm³/mol. The first-order valence-electron chi connectivity index (χ1n) is 7.31. The summed E-state index contributed by atoms with van der Waals surface area (Å²) in [6.45, 7) is 1.45. The van der Waals surface area contributed by atoms with Gasteiger partial charge in [-0.2, -0.15) is 0 Å². The molecule has 1 atom stereocenters. The largest absolute Gasteiger partial charge is 0.360 e. The molecular weight excluding hydrogens is 344 g/mol. The highest BCUT2D eigenvalue weighted by atomic mass is 32.1. The lowest BCUT2D eigenvalue weighted by Crippen LogP contribution is -2.29. The Kier molecular flexibility index (Phi) is 5.07. The van der Waals surface area contributed by atoms with E-state index in [4.69, 9.17) is 0 Å². The molecule has 0 fully saturated rings. The molecule has 24 heavy (non-hydrogen) atoms. The zero-order chi connectivity index (χ0) is 16.9. The van der Waals surface area contributed by atoms with Gasteiger partial charge in [0.1, 0.15) is 0 Å². The monoisotopic (exact) mass is 360 g/mol. The lowest BCUT2D eigenvalue weighted by Gasteiger charge is -2.15. The van der Waals surface area contributed by atoms with Gasteiger partial charge in [-0.1, -0.05) is 6.07 Å². The van der Waals surface area contributed by atoms with Crippen LogP contribution in [0.2, 0.25) is 0 Å². The third-order valence-corrected chi connectivity index (χ3v) is 5.02. The third kappa shape index (κ3) is 4.09. The fraction of sp³-hybridized carbons (Fsp3) is 0.188. The van der Waals surface area contributed by atoms with Crippen molar-refractivity contribution in [1.29, 1.82) is 0 Å². The summed E-state index contributed by atoms with van der Waals surface area (Å²) in [6.07, 6.45) is 1.99. The molecule has 6 nitrogen and oxygen atoms in total. The van der Waals surface area contributed by atoms with E-state index in [-0.39, 0.29) is 24.3 Å². The second kappa shape index (κ2) is 7.41. The molecule has 2 amide bonds. The highest BCUT2D eigenvalue weighted by Gasteiger charge is 2.19. The van der Waals surface area contributed by atoms with Crippen molar-refractivity contribution in [3.8, 4) is 11.4 Å². The van der Waals surface area contributed by atoms with Gasteiger partial charge in [0.05, 0.1) is 23.9 Å². The molecule has 0 saturated heterocycles. The number of nitrogens with one attached hydrogen (secondary N) is 3. The molecule has 1 unspecified atom stereocenters. The lowest BCUT2D eigenvalue weighted by atomic mass is 10.1.